The summed E-state index contributed by atoms with van der Waals surface area (Å²) in [5.74, 6) is 0.618. The zero-order valence-corrected chi connectivity index (χ0v) is 9.54. The fourth-order valence-corrected chi connectivity index (χ4v) is 2.17. The summed E-state index contributed by atoms with van der Waals surface area (Å²) in [7, 11) is 0. The Balaban J connectivity index is 2.03. The van der Waals surface area contributed by atoms with Crippen LogP contribution in [0.15, 0.2) is 23.2 Å². The lowest BCUT2D eigenvalue weighted by Gasteiger charge is -2.16. The molecule has 0 radical (unpaired) electrons. The van der Waals surface area contributed by atoms with Gasteiger partial charge in [0, 0.05) is 6.07 Å². The highest BCUT2D eigenvalue weighted by atomic mass is 32.2. The van der Waals surface area contributed by atoms with E-state index in [4.69, 9.17) is 4.74 Å². The van der Waals surface area contributed by atoms with Gasteiger partial charge in [-0.15, -0.1) is 11.8 Å². The molecule has 0 bridgehead atoms. The first-order valence-electron chi connectivity index (χ1n) is 5.15. The second-order valence-corrected chi connectivity index (χ2v) is 4.50. The fourth-order valence-electron chi connectivity index (χ4n) is 1.77. The number of hydrogen-bond acceptors (Lipinski definition) is 4. The van der Waals surface area contributed by atoms with Crippen molar-refractivity contribution in [3.63, 3.8) is 0 Å². The molecule has 2 atom stereocenters. The van der Waals surface area contributed by atoms with Crippen LogP contribution in [-0.4, -0.2) is 28.6 Å². The van der Waals surface area contributed by atoms with Gasteiger partial charge >= 0.3 is 0 Å². The second-order valence-electron chi connectivity index (χ2n) is 3.67. The van der Waals surface area contributed by atoms with E-state index in [1.807, 2.05) is 24.5 Å². The van der Waals surface area contributed by atoms with Crippen molar-refractivity contribution in [2.45, 2.75) is 36.5 Å². The van der Waals surface area contributed by atoms with E-state index in [1.54, 1.807) is 11.8 Å². The average molecular weight is 225 g/mol. The van der Waals surface area contributed by atoms with Gasteiger partial charge in [0.2, 0.25) is 5.88 Å². The van der Waals surface area contributed by atoms with Gasteiger partial charge in [0.1, 0.15) is 6.10 Å². The summed E-state index contributed by atoms with van der Waals surface area (Å²) < 4.78 is 5.66. The van der Waals surface area contributed by atoms with Crippen molar-refractivity contribution in [1.82, 2.24) is 4.98 Å². The second kappa shape index (κ2) is 4.86. The van der Waals surface area contributed by atoms with Crippen LogP contribution in [0.4, 0.5) is 0 Å². The molecular weight excluding hydrogens is 210 g/mol. The number of aromatic nitrogens is 1. The summed E-state index contributed by atoms with van der Waals surface area (Å²) in [6.07, 6.45) is 4.38. The topological polar surface area (TPSA) is 42.4 Å². The summed E-state index contributed by atoms with van der Waals surface area (Å²) in [6, 6.07) is 5.71. The van der Waals surface area contributed by atoms with Crippen LogP contribution in [0.2, 0.25) is 0 Å². The van der Waals surface area contributed by atoms with Gasteiger partial charge in [-0.05, 0) is 31.6 Å². The standard InChI is InChI=1S/C11H15NO2S/c1-15-11-7-3-6-10(12-11)14-9-5-2-4-8(9)13/h3,6-9,13H,2,4-5H2,1H3/t8-,9+/m0/s1. The van der Waals surface area contributed by atoms with Crippen molar-refractivity contribution >= 4 is 11.8 Å². The van der Waals surface area contributed by atoms with Crippen LogP contribution in [0.3, 0.4) is 0 Å². The Hall–Kier alpha value is -0.740. The predicted molar refractivity (Wildman–Crippen MR) is 60.3 cm³/mol. The third-order valence-electron chi connectivity index (χ3n) is 2.60. The van der Waals surface area contributed by atoms with Crippen molar-refractivity contribution in [3.8, 4) is 5.88 Å². The first-order valence-corrected chi connectivity index (χ1v) is 6.38. The van der Waals surface area contributed by atoms with Crippen molar-refractivity contribution < 1.29 is 9.84 Å². The number of nitrogens with zero attached hydrogens (tertiary/aromatic N) is 1. The lowest BCUT2D eigenvalue weighted by molar-refractivity contribution is 0.0570. The summed E-state index contributed by atoms with van der Waals surface area (Å²) in [4.78, 5) is 4.32. The largest absolute Gasteiger partial charge is 0.472 e. The maximum Gasteiger partial charge on any atom is 0.214 e. The van der Waals surface area contributed by atoms with Crippen LogP contribution < -0.4 is 4.74 Å². The summed E-state index contributed by atoms with van der Waals surface area (Å²) in [6.45, 7) is 0. The number of ether oxygens (including phenoxy) is 1. The molecule has 0 aromatic carbocycles. The lowest BCUT2D eigenvalue weighted by atomic mass is 10.3. The first-order chi connectivity index (χ1) is 7.29. The summed E-state index contributed by atoms with van der Waals surface area (Å²) in [5.41, 5.74) is 0. The summed E-state index contributed by atoms with van der Waals surface area (Å²) >= 11 is 1.59. The molecule has 2 rings (SSSR count). The average Bonchev–Trinajstić information content (AvgIpc) is 2.65. The molecule has 3 nitrogen and oxygen atoms in total. The molecule has 4 heteroatoms. The van der Waals surface area contributed by atoms with Gasteiger partial charge < -0.3 is 9.84 Å². The molecule has 0 saturated heterocycles. The number of hydrogen-bond donors (Lipinski definition) is 1. The quantitative estimate of drug-likeness (QED) is 0.800. The van der Waals surface area contributed by atoms with Crippen LogP contribution in [-0.2, 0) is 0 Å². The molecule has 0 amide bonds. The van der Waals surface area contributed by atoms with Crippen LogP contribution in [0.25, 0.3) is 0 Å². The predicted octanol–water partition coefficient (Wildman–Crippen LogP) is 2.10. The van der Waals surface area contributed by atoms with Crippen LogP contribution in [0, 0.1) is 0 Å². The third-order valence-corrected chi connectivity index (χ3v) is 3.24. The molecule has 1 aromatic heterocycles. The number of pyridine rings is 1. The number of rotatable bonds is 3. The number of aliphatic hydroxyl groups excluding tert-OH is 1. The minimum atomic E-state index is -0.329. The zero-order valence-electron chi connectivity index (χ0n) is 8.72. The monoisotopic (exact) mass is 225 g/mol. The van der Waals surface area contributed by atoms with Gasteiger partial charge in [0.05, 0.1) is 11.1 Å². The van der Waals surface area contributed by atoms with E-state index in [0.717, 1.165) is 24.3 Å². The van der Waals surface area contributed by atoms with Gasteiger partial charge in [-0.2, -0.15) is 0 Å². The third kappa shape index (κ3) is 2.63. The van der Waals surface area contributed by atoms with Crippen molar-refractivity contribution in [3.05, 3.63) is 18.2 Å². The fraction of sp³-hybridized carbons (Fsp3) is 0.545. The minimum Gasteiger partial charge on any atom is -0.472 e. The maximum atomic E-state index is 9.62. The van der Waals surface area contributed by atoms with Crippen molar-refractivity contribution in [1.29, 1.82) is 0 Å². The highest BCUT2D eigenvalue weighted by molar-refractivity contribution is 7.98. The molecule has 1 heterocycles. The van der Waals surface area contributed by atoms with E-state index in [1.165, 1.54) is 0 Å². The van der Waals surface area contributed by atoms with Crippen LogP contribution in [0.5, 0.6) is 5.88 Å². The SMILES string of the molecule is CSc1cccc(O[C@@H]2CCC[C@@H]2O)n1. The Labute approximate surface area is 93.9 Å². The molecule has 1 N–H and O–H groups in total. The zero-order chi connectivity index (χ0) is 10.7. The van der Waals surface area contributed by atoms with Gasteiger partial charge in [0.15, 0.2) is 0 Å². The Bertz CT molecular complexity index is 332. The highest BCUT2D eigenvalue weighted by Gasteiger charge is 2.27. The van der Waals surface area contributed by atoms with Crippen molar-refractivity contribution in [2.75, 3.05) is 6.26 Å². The van der Waals surface area contributed by atoms with Gasteiger partial charge in [0.25, 0.3) is 0 Å². The Morgan fingerprint density at radius 1 is 1.47 bits per heavy atom. The molecule has 82 valence electrons. The molecule has 0 spiro atoms. The Morgan fingerprint density at radius 3 is 3.00 bits per heavy atom. The normalized spacial score (nSPS) is 25.5. The molecule has 1 aliphatic rings. The number of thioether (sulfide) groups is 1. The van der Waals surface area contributed by atoms with Crippen LogP contribution >= 0.6 is 11.8 Å². The molecule has 1 aliphatic carbocycles. The van der Waals surface area contributed by atoms with E-state index in [0.29, 0.717) is 5.88 Å². The smallest absolute Gasteiger partial charge is 0.214 e. The lowest BCUT2D eigenvalue weighted by Crippen LogP contribution is -2.25. The van der Waals surface area contributed by atoms with E-state index in [9.17, 15) is 5.11 Å². The van der Waals surface area contributed by atoms with Gasteiger partial charge in [-0.25, -0.2) is 4.98 Å². The van der Waals surface area contributed by atoms with Gasteiger partial charge in [-0.3, -0.25) is 0 Å². The molecule has 0 aliphatic heterocycles. The van der Waals surface area contributed by atoms with E-state index < -0.39 is 0 Å². The first kappa shape index (κ1) is 10.8. The minimum absolute atomic E-state index is 0.0744. The maximum absolute atomic E-state index is 9.62. The van der Waals surface area contributed by atoms with E-state index >= 15 is 0 Å². The van der Waals surface area contributed by atoms with E-state index in [2.05, 4.69) is 4.98 Å². The Morgan fingerprint density at radius 2 is 2.33 bits per heavy atom. The van der Waals surface area contributed by atoms with Crippen molar-refractivity contribution in [2.24, 2.45) is 0 Å². The molecular formula is C11H15NO2S. The molecule has 1 saturated carbocycles. The molecule has 0 unspecified atom stereocenters. The molecule has 1 aromatic rings. The summed E-state index contributed by atoms with van der Waals surface area (Å²) in [5, 5.41) is 10.6. The van der Waals surface area contributed by atoms with Gasteiger partial charge in [-0.1, -0.05) is 6.07 Å². The van der Waals surface area contributed by atoms with E-state index in [-0.39, 0.29) is 12.2 Å². The highest BCUT2D eigenvalue weighted by Crippen LogP contribution is 2.24. The van der Waals surface area contributed by atoms with Crippen LogP contribution in [0.1, 0.15) is 19.3 Å². The molecule has 15 heavy (non-hydrogen) atoms. The number of aliphatic hydroxyl groups is 1. The Kier molecular flexibility index (Phi) is 3.49. The molecule has 1 fully saturated rings.